The van der Waals surface area contributed by atoms with Crippen molar-refractivity contribution in [2.24, 2.45) is 0 Å². The van der Waals surface area contributed by atoms with E-state index in [1.165, 1.54) is 11.1 Å². The molecule has 0 nitrogen and oxygen atoms in total. The average Bonchev–Trinajstić information content (AvgIpc) is 2.05. The van der Waals surface area contributed by atoms with Crippen LogP contribution in [0.4, 0.5) is 0 Å². The summed E-state index contributed by atoms with van der Waals surface area (Å²) in [5.41, 5.74) is 2.77. The summed E-state index contributed by atoms with van der Waals surface area (Å²) in [5.74, 6) is 0. The van der Waals surface area contributed by atoms with Crippen LogP contribution in [-0.2, 0) is 11.8 Å². The van der Waals surface area contributed by atoms with E-state index >= 15 is 0 Å². The second-order valence-corrected chi connectivity index (χ2v) is 2.87. The van der Waals surface area contributed by atoms with E-state index < -0.39 is 0 Å². The van der Waals surface area contributed by atoms with Gasteiger partial charge in [0.15, 0.2) is 0 Å². The Labute approximate surface area is 86.9 Å². The van der Waals surface area contributed by atoms with Crippen LogP contribution in [0.15, 0.2) is 24.3 Å². The summed E-state index contributed by atoms with van der Waals surface area (Å²) in [4.78, 5) is 0. The van der Waals surface area contributed by atoms with Gasteiger partial charge in [0.1, 0.15) is 0 Å². The lowest BCUT2D eigenvalue weighted by molar-refractivity contribution is 1.13. The number of benzene rings is 1. The topological polar surface area (TPSA) is 0 Å². The molecule has 11 heavy (non-hydrogen) atoms. The zero-order valence-electron chi connectivity index (χ0n) is 6.51. The molecule has 0 saturated heterocycles. The third-order valence-corrected chi connectivity index (χ3v) is 2.20. The van der Waals surface area contributed by atoms with Gasteiger partial charge in [-0.2, -0.15) is 0 Å². The summed E-state index contributed by atoms with van der Waals surface area (Å²) in [7, 11) is 0. The molecule has 0 aliphatic carbocycles. The highest BCUT2D eigenvalue weighted by Gasteiger charge is 1.90. The Morgan fingerprint density at radius 2 is 1.91 bits per heavy atom. The first kappa shape index (κ1) is 11.2. The van der Waals surface area contributed by atoms with E-state index in [4.69, 9.17) is 0 Å². The van der Waals surface area contributed by atoms with Crippen LogP contribution in [0.5, 0.6) is 0 Å². The van der Waals surface area contributed by atoms with Gasteiger partial charge < -0.3 is 0 Å². The maximum Gasteiger partial charge on any atom is 0.0283 e. The second-order valence-electron chi connectivity index (χ2n) is 2.31. The molecule has 0 spiro atoms. The first-order chi connectivity index (χ1) is 4.86. The number of rotatable bonds is 2. The maximum absolute atomic E-state index is 3.42. The molecular formula is C9H12Br2. The number of hydrogen-bond acceptors (Lipinski definition) is 0. The van der Waals surface area contributed by atoms with Crippen molar-refractivity contribution in [3.05, 3.63) is 35.4 Å². The molecule has 0 amide bonds. The van der Waals surface area contributed by atoms with Gasteiger partial charge in [-0.25, -0.2) is 0 Å². The molecule has 0 bridgehead atoms. The fraction of sp³-hybridized carbons (Fsp3) is 0.333. The van der Waals surface area contributed by atoms with Gasteiger partial charge >= 0.3 is 0 Å². The van der Waals surface area contributed by atoms with Gasteiger partial charge in [0.05, 0.1) is 0 Å². The van der Waals surface area contributed by atoms with Crippen molar-refractivity contribution >= 4 is 32.9 Å². The minimum absolute atomic E-state index is 0. The molecule has 0 saturated carbocycles. The largest absolute Gasteiger partial charge is 0.114 e. The van der Waals surface area contributed by atoms with E-state index in [1.807, 2.05) is 0 Å². The number of halogens is 2. The Morgan fingerprint density at radius 3 is 2.45 bits per heavy atom. The van der Waals surface area contributed by atoms with Crippen LogP contribution in [0, 0.1) is 0 Å². The summed E-state index contributed by atoms with van der Waals surface area (Å²) in [6.07, 6.45) is 1.13. The molecule has 0 heterocycles. The molecule has 0 unspecified atom stereocenters. The van der Waals surface area contributed by atoms with Crippen LogP contribution in [0.1, 0.15) is 18.1 Å². The van der Waals surface area contributed by atoms with Crippen LogP contribution in [0.3, 0.4) is 0 Å². The van der Waals surface area contributed by atoms with Gasteiger partial charge in [0, 0.05) is 5.33 Å². The van der Waals surface area contributed by atoms with E-state index in [1.54, 1.807) is 0 Å². The number of aryl methyl sites for hydroxylation is 1. The minimum atomic E-state index is 0. The van der Waals surface area contributed by atoms with Crippen molar-refractivity contribution in [2.75, 3.05) is 0 Å². The summed E-state index contributed by atoms with van der Waals surface area (Å²) >= 11 is 3.42. The molecule has 0 fully saturated rings. The van der Waals surface area contributed by atoms with Crippen molar-refractivity contribution in [1.82, 2.24) is 0 Å². The average molecular weight is 280 g/mol. The molecule has 2 heteroatoms. The Bertz CT molecular complexity index is 189. The summed E-state index contributed by atoms with van der Waals surface area (Å²) in [6.45, 7) is 2.17. The van der Waals surface area contributed by atoms with Crippen molar-refractivity contribution in [3.8, 4) is 0 Å². The zero-order valence-corrected chi connectivity index (χ0v) is 9.81. The van der Waals surface area contributed by atoms with Crippen LogP contribution < -0.4 is 0 Å². The summed E-state index contributed by atoms with van der Waals surface area (Å²) < 4.78 is 0. The first-order valence-corrected chi connectivity index (χ1v) is 4.62. The Kier molecular flexibility index (Phi) is 5.88. The number of hydrogen-bond donors (Lipinski definition) is 0. The van der Waals surface area contributed by atoms with Gasteiger partial charge in [-0.05, 0) is 17.5 Å². The van der Waals surface area contributed by atoms with Gasteiger partial charge in [-0.1, -0.05) is 47.1 Å². The molecule has 1 rings (SSSR count). The van der Waals surface area contributed by atoms with Crippen molar-refractivity contribution in [2.45, 2.75) is 18.7 Å². The van der Waals surface area contributed by atoms with E-state index in [9.17, 15) is 0 Å². The van der Waals surface area contributed by atoms with E-state index in [-0.39, 0.29) is 17.0 Å². The van der Waals surface area contributed by atoms with Gasteiger partial charge in [-0.3, -0.25) is 0 Å². The minimum Gasteiger partial charge on any atom is -0.114 e. The van der Waals surface area contributed by atoms with Crippen molar-refractivity contribution in [3.63, 3.8) is 0 Å². The third-order valence-electron chi connectivity index (χ3n) is 1.55. The standard InChI is InChI=1S/C9H11Br.BrH/c1-2-8-4-3-5-9(6-8)7-10;/h3-6H,2,7H2,1H3;1H. The third kappa shape index (κ3) is 3.39. The lowest BCUT2D eigenvalue weighted by atomic mass is 10.1. The van der Waals surface area contributed by atoms with Crippen LogP contribution in [-0.4, -0.2) is 0 Å². The van der Waals surface area contributed by atoms with Crippen LogP contribution in [0.25, 0.3) is 0 Å². The molecule has 0 radical (unpaired) electrons. The van der Waals surface area contributed by atoms with E-state index in [2.05, 4.69) is 47.1 Å². The van der Waals surface area contributed by atoms with E-state index in [0.29, 0.717) is 0 Å². The molecule has 1 aromatic carbocycles. The Hall–Kier alpha value is 0.180. The molecule has 62 valence electrons. The SMILES string of the molecule is Br.CCc1cccc(CBr)c1. The Morgan fingerprint density at radius 1 is 1.27 bits per heavy atom. The highest BCUT2D eigenvalue weighted by atomic mass is 79.9. The smallest absolute Gasteiger partial charge is 0.0283 e. The Balaban J connectivity index is 0.000001000. The lowest BCUT2D eigenvalue weighted by Gasteiger charge is -1.97. The van der Waals surface area contributed by atoms with Crippen molar-refractivity contribution in [1.29, 1.82) is 0 Å². The highest BCUT2D eigenvalue weighted by Crippen LogP contribution is 2.08. The monoisotopic (exact) mass is 278 g/mol. The predicted octanol–water partition coefficient (Wildman–Crippen LogP) is 3.72. The van der Waals surface area contributed by atoms with Crippen LogP contribution in [0.2, 0.25) is 0 Å². The zero-order chi connectivity index (χ0) is 7.40. The molecule has 0 aliphatic heterocycles. The highest BCUT2D eigenvalue weighted by molar-refractivity contribution is 9.08. The van der Waals surface area contributed by atoms with Gasteiger partial charge in [-0.15, -0.1) is 17.0 Å². The second kappa shape index (κ2) is 5.78. The number of alkyl halides is 1. The fourth-order valence-corrected chi connectivity index (χ4v) is 1.28. The van der Waals surface area contributed by atoms with Gasteiger partial charge in [0.2, 0.25) is 0 Å². The predicted molar refractivity (Wildman–Crippen MR) is 58.8 cm³/mol. The molecule has 0 aliphatic rings. The maximum atomic E-state index is 3.42. The molecule has 0 atom stereocenters. The molecular weight excluding hydrogens is 268 g/mol. The first-order valence-electron chi connectivity index (χ1n) is 3.50. The molecule has 1 aromatic rings. The molecule has 0 aromatic heterocycles. The molecule has 0 N–H and O–H groups in total. The summed E-state index contributed by atoms with van der Waals surface area (Å²) in [6, 6.07) is 8.63. The van der Waals surface area contributed by atoms with E-state index in [0.717, 1.165) is 11.8 Å². The quantitative estimate of drug-likeness (QED) is 0.724. The fourth-order valence-electron chi connectivity index (χ4n) is 0.933. The summed E-state index contributed by atoms with van der Waals surface area (Å²) in [5, 5.41) is 0.959. The lowest BCUT2D eigenvalue weighted by Crippen LogP contribution is -1.81. The normalized spacial score (nSPS) is 8.91. The van der Waals surface area contributed by atoms with Crippen LogP contribution >= 0.6 is 32.9 Å². The van der Waals surface area contributed by atoms with Gasteiger partial charge in [0.25, 0.3) is 0 Å². The van der Waals surface area contributed by atoms with Crippen molar-refractivity contribution < 1.29 is 0 Å².